The summed E-state index contributed by atoms with van der Waals surface area (Å²) in [6, 6.07) is 15.3. The van der Waals surface area contributed by atoms with Crippen molar-refractivity contribution in [1.82, 2.24) is 10.2 Å². The predicted octanol–water partition coefficient (Wildman–Crippen LogP) is 4.84. The molecular formula is C15H10Br2N2O2. The van der Waals surface area contributed by atoms with Crippen molar-refractivity contribution in [2.75, 3.05) is 0 Å². The van der Waals surface area contributed by atoms with Crippen molar-refractivity contribution in [3.8, 4) is 17.2 Å². The minimum Gasteiger partial charge on any atom is -0.483 e. The number of hydrogen-bond donors (Lipinski definition) is 0. The van der Waals surface area contributed by atoms with Gasteiger partial charge in [0.25, 0.3) is 5.89 Å². The van der Waals surface area contributed by atoms with Gasteiger partial charge in [0.05, 0.1) is 4.47 Å². The summed E-state index contributed by atoms with van der Waals surface area (Å²) in [5.41, 5.74) is 0.890. The van der Waals surface area contributed by atoms with Crippen molar-refractivity contribution in [2.45, 2.75) is 6.61 Å². The summed E-state index contributed by atoms with van der Waals surface area (Å²) >= 11 is 6.84. The molecule has 0 radical (unpaired) electrons. The summed E-state index contributed by atoms with van der Waals surface area (Å²) in [4.78, 5) is 0. The van der Waals surface area contributed by atoms with Gasteiger partial charge in [-0.25, -0.2) is 0 Å². The van der Waals surface area contributed by atoms with Crippen molar-refractivity contribution in [3.63, 3.8) is 0 Å². The van der Waals surface area contributed by atoms with Crippen molar-refractivity contribution >= 4 is 31.9 Å². The van der Waals surface area contributed by atoms with Crippen LogP contribution in [0.4, 0.5) is 0 Å². The van der Waals surface area contributed by atoms with E-state index in [9.17, 15) is 0 Å². The van der Waals surface area contributed by atoms with Crippen LogP contribution < -0.4 is 4.74 Å². The zero-order chi connectivity index (χ0) is 14.7. The maximum absolute atomic E-state index is 5.66. The molecule has 0 atom stereocenters. The maximum atomic E-state index is 5.66. The summed E-state index contributed by atoms with van der Waals surface area (Å²) in [5, 5.41) is 8.01. The van der Waals surface area contributed by atoms with Crippen LogP contribution in [0.2, 0.25) is 0 Å². The fourth-order valence-corrected chi connectivity index (χ4v) is 2.90. The minimum absolute atomic E-state index is 0.222. The molecule has 4 nitrogen and oxygen atoms in total. The molecule has 0 unspecified atom stereocenters. The van der Waals surface area contributed by atoms with E-state index < -0.39 is 0 Å². The zero-order valence-corrected chi connectivity index (χ0v) is 14.0. The standard InChI is InChI=1S/C15H10Br2N2O2/c16-11-6-7-13(12(17)8-11)20-9-14-18-19-15(21-14)10-4-2-1-3-5-10/h1-8H,9H2. The molecule has 0 aliphatic carbocycles. The first kappa shape index (κ1) is 14.3. The average Bonchev–Trinajstić information content (AvgIpc) is 2.96. The lowest BCUT2D eigenvalue weighted by atomic mass is 10.2. The highest BCUT2D eigenvalue weighted by Crippen LogP contribution is 2.29. The van der Waals surface area contributed by atoms with E-state index in [4.69, 9.17) is 9.15 Å². The molecule has 6 heteroatoms. The first-order valence-corrected chi connectivity index (χ1v) is 7.76. The number of benzene rings is 2. The van der Waals surface area contributed by atoms with Gasteiger partial charge in [-0.05, 0) is 46.3 Å². The van der Waals surface area contributed by atoms with Gasteiger partial charge >= 0.3 is 0 Å². The molecule has 0 aliphatic rings. The van der Waals surface area contributed by atoms with Gasteiger partial charge < -0.3 is 9.15 Å². The fraction of sp³-hybridized carbons (Fsp3) is 0.0667. The Labute approximate surface area is 138 Å². The lowest BCUT2D eigenvalue weighted by Gasteiger charge is -2.05. The second kappa shape index (κ2) is 6.41. The van der Waals surface area contributed by atoms with Gasteiger partial charge in [-0.1, -0.05) is 34.1 Å². The molecule has 21 heavy (non-hydrogen) atoms. The van der Waals surface area contributed by atoms with Crippen molar-refractivity contribution < 1.29 is 9.15 Å². The molecular weight excluding hydrogens is 400 g/mol. The smallest absolute Gasteiger partial charge is 0.254 e. The van der Waals surface area contributed by atoms with Crippen LogP contribution in [0.3, 0.4) is 0 Å². The van der Waals surface area contributed by atoms with Gasteiger partial charge in [0, 0.05) is 10.0 Å². The van der Waals surface area contributed by atoms with E-state index in [0.29, 0.717) is 11.8 Å². The van der Waals surface area contributed by atoms with Gasteiger partial charge in [0.2, 0.25) is 5.89 Å². The molecule has 0 N–H and O–H groups in total. The van der Waals surface area contributed by atoms with E-state index in [1.807, 2.05) is 48.5 Å². The summed E-state index contributed by atoms with van der Waals surface area (Å²) in [5.74, 6) is 1.64. The molecule has 1 aromatic heterocycles. The first-order valence-electron chi connectivity index (χ1n) is 6.18. The second-order valence-corrected chi connectivity index (χ2v) is 6.00. The Morgan fingerprint density at radius 1 is 1.00 bits per heavy atom. The van der Waals surface area contributed by atoms with Crippen LogP contribution in [0.25, 0.3) is 11.5 Å². The van der Waals surface area contributed by atoms with Crippen LogP contribution in [-0.4, -0.2) is 10.2 Å². The van der Waals surface area contributed by atoms with Crippen LogP contribution in [0.5, 0.6) is 5.75 Å². The molecule has 3 aromatic rings. The highest BCUT2D eigenvalue weighted by Gasteiger charge is 2.09. The Morgan fingerprint density at radius 3 is 2.57 bits per heavy atom. The summed E-state index contributed by atoms with van der Waals surface area (Å²) in [6.45, 7) is 0.222. The fourth-order valence-electron chi connectivity index (χ4n) is 1.74. The van der Waals surface area contributed by atoms with Crippen molar-refractivity contribution in [1.29, 1.82) is 0 Å². The molecule has 0 saturated carbocycles. The van der Waals surface area contributed by atoms with Gasteiger partial charge in [0.15, 0.2) is 6.61 Å². The third-order valence-electron chi connectivity index (χ3n) is 2.73. The highest BCUT2D eigenvalue weighted by molar-refractivity contribution is 9.11. The number of rotatable bonds is 4. The van der Waals surface area contributed by atoms with Gasteiger partial charge in [-0.15, -0.1) is 10.2 Å². The molecule has 1 heterocycles. The van der Waals surface area contributed by atoms with Crippen LogP contribution in [0, 0.1) is 0 Å². The lowest BCUT2D eigenvalue weighted by molar-refractivity contribution is 0.263. The minimum atomic E-state index is 0.222. The largest absolute Gasteiger partial charge is 0.483 e. The molecule has 0 bridgehead atoms. The van der Waals surface area contributed by atoms with E-state index in [1.165, 1.54) is 0 Å². The molecule has 0 saturated heterocycles. The van der Waals surface area contributed by atoms with E-state index >= 15 is 0 Å². The third-order valence-corrected chi connectivity index (χ3v) is 3.85. The number of nitrogens with zero attached hydrogens (tertiary/aromatic N) is 2. The van der Waals surface area contributed by atoms with E-state index in [-0.39, 0.29) is 6.61 Å². The quantitative estimate of drug-likeness (QED) is 0.618. The predicted molar refractivity (Wildman–Crippen MR) is 85.9 cm³/mol. The van der Waals surface area contributed by atoms with Crippen LogP contribution in [-0.2, 0) is 6.61 Å². The molecule has 3 rings (SSSR count). The Kier molecular flexibility index (Phi) is 4.36. The maximum Gasteiger partial charge on any atom is 0.254 e. The van der Waals surface area contributed by atoms with E-state index in [2.05, 4.69) is 42.1 Å². The molecule has 2 aromatic carbocycles. The topological polar surface area (TPSA) is 48.2 Å². The normalized spacial score (nSPS) is 10.6. The molecule has 0 aliphatic heterocycles. The monoisotopic (exact) mass is 408 g/mol. The molecule has 0 spiro atoms. The lowest BCUT2D eigenvalue weighted by Crippen LogP contribution is -1.96. The number of ether oxygens (including phenoxy) is 1. The van der Waals surface area contributed by atoms with Crippen molar-refractivity contribution in [3.05, 3.63) is 63.4 Å². The van der Waals surface area contributed by atoms with Crippen LogP contribution in [0.1, 0.15) is 5.89 Å². The van der Waals surface area contributed by atoms with Crippen LogP contribution >= 0.6 is 31.9 Å². The van der Waals surface area contributed by atoms with Crippen LogP contribution in [0.15, 0.2) is 61.9 Å². The Morgan fingerprint density at radius 2 is 1.81 bits per heavy atom. The highest BCUT2D eigenvalue weighted by atomic mass is 79.9. The molecule has 0 fully saturated rings. The zero-order valence-electron chi connectivity index (χ0n) is 10.8. The summed E-state index contributed by atoms with van der Waals surface area (Å²) in [7, 11) is 0. The summed E-state index contributed by atoms with van der Waals surface area (Å²) < 4.78 is 13.1. The Bertz CT molecular complexity index is 744. The number of halogens is 2. The Balaban J connectivity index is 1.70. The first-order chi connectivity index (χ1) is 10.2. The number of aromatic nitrogens is 2. The molecule has 106 valence electrons. The van der Waals surface area contributed by atoms with Gasteiger partial charge in [-0.2, -0.15) is 0 Å². The van der Waals surface area contributed by atoms with E-state index in [1.54, 1.807) is 0 Å². The molecule has 0 amide bonds. The summed E-state index contributed by atoms with van der Waals surface area (Å²) in [6.07, 6.45) is 0. The Hall–Kier alpha value is -1.66. The second-order valence-electron chi connectivity index (χ2n) is 4.23. The van der Waals surface area contributed by atoms with Gasteiger partial charge in [0.1, 0.15) is 5.75 Å². The third kappa shape index (κ3) is 3.51. The SMILES string of the molecule is Brc1ccc(OCc2nnc(-c3ccccc3)o2)c(Br)c1. The van der Waals surface area contributed by atoms with E-state index in [0.717, 1.165) is 20.3 Å². The van der Waals surface area contributed by atoms with Gasteiger partial charge in [-0.3, -0.25) is 0 Å². The average molecular weight is 410 g/mol. The number of hydrogen-bond acceptors (Lipinski definition) is 4. The van der Waals surface area contributed by atoms with Crippen molar-refractivity contribution in [2.24, 2.45) is 0 Å².